The summed E-state index contributed by atoms with van der Waals surface area (Å²) >= 11 is 0. The first-order valence-corrected chi connectivity index (χ1v) is 9.46. The van der Waals surface area contributed by atoms with Gasteiger partial charge in [-0.05, 0) is 32.1 Å². The number of piperidine rings is 1. The van der Waals surface area contributed by atoms with Crippen LogP contribution >= 0.6 is 0 Å². The van der Waals surface area contributed by atoms with Crippen molar-refractivity contribution in [2.24, 2.45) is 5.92 Å². The van der Waals surface area contributed by atoms with Crippen molar-refractivity contribution in [2.45, 2.75) is 52.2 Å². The molecule has 0 aromatic rings. The molecule has 2 atom stereocenters. The monoisotopic (exact) mass is 320 g/mol. The second-order valence-electron chi connectivity index (χ2n) is 6.17. The van der Waals surface area contributed by atoms with Crippen LogP contribution in [0.5, 0.6) is 0 Å². The molecule has 1 fully saturated rings. The van der Waals surface area contributed by atoms with Gasteiger partial charge in [-0.15, -0.1) is 0 Å². The minimum atomic E-state index is -3.23. The quantitative estimate of drug-likeness (QED) is 0.758. The summed E-state index contributed by atoms with van der Waals surface area (Å²) in [5.41, 5.74) is 0. The minimum Gasteiger partial charge on any atom is -0.368 e. The number of hydrogen-bond donors (Lipinski definition) is 1. The largest absolute Gasteiger partial charge is 0.368 e. The van der Waals surface area contributed by atoms with Gasteiger partial charge in [-0.2, -0.15) is 0 Å². The number of ether oxygens (including phenoxy) is 1. The van der Waals surface area contributed by atoms with E-state index < -0.39 is 16.1 Å². The van der Waals surface area contributed by atoms with E-state index in [2.05, 4.69) is 4.72 Å². The van der Waals surface area contributed by atoms with Gasteiger partial charge in [0.15, 0.2) is 0 Å². The van der Waals surface area contributed by atoms with Gasteiger partial charge in [0.1, 0.15) is 6.10 Å². The summed E-state index contributed by atoms with van der Waals surface area (Å²) in [6.45, 7) is 7.34. The Morgan fingerprint density at radius 3 is 2.57 bits per heavy atom. The van der Waals surface area contributed by atoms with Crippen molar-refractivity contribution >= 4 is 15.9 Å². The number of nitrogens with zero attached hydrogens (tertiary/aromatic N) is 1. The first-order chi connectivity index (χ1) is 9.70. The van der Waals surface area contributed by atoms with E-state index in [-0.39, 0.29) is 18.5 Å². The number of sulfonamides is 1. The number of likely N-dealkylation sites (tertiary alicyclic amines) is 1. The molecule has 21 heavy (non-hydrogen) atoms. The summed E-state index contributed by atoms with van der Waals surface area (Å²) in [5, 5.41) is 0. The van der Waals surface area contributed by atoms with E-state index in [1.54, 1.807) is 11.8 Å². The molecule has 1 rings (SSSR count). The molecule has 0 spiro atoms. The van der Waals surface area contributed by atoms with Crippen molar-refractivity contribution in [3.05, 3.63) is 0 Å². The van der Waals surface area contributed by atoms with Gasteiger partial charge in [0.2, 0.25) is 10.0 Å². The maximum atomic E-state index is 12.5. The third-order valence-electron chi connectivity index (χ3n) is 3.52. The van der Waals surface area contributed by atoms with Crippen LogP contribution in [-0.4, -0.2) is 57.3 Å². The Kier molecular flexibility index (Phi) is 7.09. The zero-order valence-electron chi connectivity index (χ0n) is 13.5. The molecule has 1 saturated heterocycles. The van der Waals surface area contributed by atoms with Crippen LogP contribution < -0.4 is 4.72 Å². The smallest absolute Gasteiger partial charge is 0.251 e. The summed E-state index contributed by atoms with van der Waals surface area (Å²) in [6.07, 6.45) is 3.45. The van der Waals surface area contributed by atoms with Crippen LogP contribution in [0.3, 0.4) is 0 Å². The van der Waals surface area contributed by atoms with Crippen LogP contribution in [0.15, 0.2) is 0 Å². The summed E-state index contributed by atoms with van der Waals surface area (Å²) < 4.78 is 30.5. The number of amides is 1. The molecule has 0 aromatic carbocycles. The van der Waals surface area contributed by atoms with E-state index in [9.17, 15) is 13.2 Å². The van der Waals surface area contributed by atoms with Gasteiger partial charge in [-0.25, -0.2) is 13.1 Å². The van der Waals surface area contributed by atoms with Crippen LogP contribution in [0.4, 0.5) is 0 Å². The van der Waals surface area contributed by atoms with E-state index in [1.165, 1.54) is 0 Å². The summed E-state index contributed by atoms with van der Waals surface area (Å²) in [6, 6.07) is -0.0777. The van der Waals surface area contributed by atoms with Gasteiger partial charge < -0.3 is 9.64 Å². The summed E-state index contributed by atoms with van der Waals surface area (Å²) in [7, 11) is -3.23. The Labute approximate surface area is 128 Å². The lowest BCUT2D eigenvalue weighted by molar-refractivity contribution is -0.146. The number of carbonyl (C=O) groups is 1. The third-order valence-corrected chi connectivity index (χ3v) is 4.21. The fourth-order valence-electron chi connectivity index (χ4n) is 2.39. The predicted molar refractivity (Wildman–Crippen MR) is 82.5 cm³/mol. The van der Waals surface area contributed by atoms with Crippen molar-refractivity contribution in [1.29, 1.82) is 0 Å². The van der Waals surface area contributed by atoms with Crippen molar-refractivity contribution in [2.75, 3.05) is 26.0 Å². The van der Waals surface area contributed by atoms with Crippen molar-refractivity contribution in [3.63, 3.8) is 0 Å². The highest BCUT2D eigenvalue weighted by Gasteiger charge is 2.30. The van der Waals surface area contributed by atoms with Crippen molar-refractivity contribution in [3.8, 4) is 0 Å². The minimum absolute atomic E-state index is 0.0457. The Balaban J connectivity index is 2.60. The van der Waals surface area contributed by atoms with Crippen LogP contribution in [0.1, 0.15) is 40.0 Å². The normalized spacial score (nSPS) is 21.6. The molecule has 124 valence electrons. The standard InChI is InChI=1S/C14H28N2O4S/c1-11(2)10-20-12(3)14(17)16-8-6-5-7-13(16)9-15-21(4,18)19/h11-13,15H,5-10H2,1-4H3/t12-,13+/m0/s1. The van der Waals surface area contributed by atoms with Crippen LogP contribution in [-0.2, 0) is 19.6 Å². The Morgan fingerprint density at radius 2 is 2.00 bits per heavy atom. The number of nitrogens with one attached hydrogen (secondary N) is 1. The first-order valence-electron chi connectivity index (χ1n) is 7.57. The zero-order chi connectivity index (χ0) is 16.0. The Hall–Kier alpha value is -0.660. The molecule has 0 aliphatic carbocycles. The fourth-order valence-corrected chi connectivity index (χ4v) is 2.89. The molecular weight excluding hydrogens is 292 g/mol. The molecule has 1 aliphatic rings. The van der Waals surface area contributed by atoms with Gasteiger partial charge in [0, 0.05) is 25.7 Å². The number of hydrogen-bond acceptors (Lipinski definition) is 4. The molecular formula is C14H28N2O4S. The van der Waals surface area contributed by atoms with Crippen molar-refractivity contribution < 1.29 is 17.9 Å². The summed E-state index contributed by atoms with van der Waals surface area (Å²) in [5.74, 6) is 0.333. The van der Waals surface area contributed by atoms with E-state index in [0.717, 1.165) is 25.5 Å². The average Bonchev–Trinajstić information content (AvgIpc) is 2.41. The molecule has 1 amide bonds. The molecule has 1 N–H and O–H groups in total. The maximum absolute atomic E-state index is 12.5. The lowest BCUT2D eigenvalue weighted by atomic mass is 10.0. The average molecular weight is 320 g/mol. The van der Waals surface area contributed by atoms with E-state index in [4.69, 9.17) is 4.74 Å². The molecule has 1 aliphatic heterocycles. The molecule has 0 aromatic heterocycles. The van der Waals surface area contributed by atoms with Gasteiger partial charge in [0.05, 0.1) is 6.26 Å². The first kappa shape index (κ1) is 18.4. The maximum Gasteiger partial charge on any atom is 0.251 e. The lowest BCUT2D eigenvalue weighted by Crippen LogP contribution is -2.52. The lowest BCUT2D eigenvalue weighted by Gasteiger charge is -2.37. The molecule has 1 heterocycles. The Morgan fingerprint density at radius 1 is 1.33 bits per heavy atom. The van der Waals surface area contributed by atoms with Crippen molar-refractivity contribution in [1.82, 2.24) is 9.62 Å². The summed E-state index contributed by atoms with van der Waals surface area (Å²) in [4.78, 5) is 14.2. The van der Waals surface area contributed by atoms with Gasteiger partial charge in [-0.3, -0.25) is 4.79 Å². The molecule has 7 heteroatoms. The molecule has 0 bridgehead atoms. The van der Waals surface area contributed by atoms with Crippen LogP contribution in [0.2, 0.25) is 0 Å². The highest BCUT2D eigenvalue weighted by atomic mass is 32.2. The number of rotatable bonds is 7. The van der Waals surface area contributed by atoms with Gasteiger partial charge in [0.25, 0.3) is 5.91 Å². The predicted octanol–water partition coefficient (Wildman–Crippen LogP) is 0.978. The number of carbonyl (C=O) groups excluding carboxylic acids is 1. The third kappa shape index (κ3) is 6.76. The highest BCUT2D eigenvalue weighted by molar-refractivity contribution is 7.88. The molecule has 0 unspecified atom stereocenters. The molecule has 0 radical (unpaired) electrons. The van der Waals surface area contributed by atoms with Crippen LogP contribution in [0, 0.1) is 5.92 Å². The fraction of sp³-hybridized carbons (Fsp3) is 0.929. The van der Waals surface area contributed by atoms with E-state index in [1.807, 2.05) is 13.8 Å². The topological polar surface area (TPSA) is 75.7 Å². The highest BCUT2D eigenvalue weighted by Crippen LogP contribution is 2.18. The van der Waals surface area contributed by atoms with E-state index in [0.29, 0.717) is 19.1 Å². The SMILES string of the molecule is CC(C)CO[C@@H](C)C(=O)N1CCCC[C@@H]1CNS(C)(=O)=O. The molecule has 6 nitrogen and oxygen atoms in total. The van der Waals surface area contributed by atoms with Crippen LogP contribution in [0.25, 0.3) is 0 Å². The Bertz CT molecular complexity index is 436. The second kappa shape index (κ2) is 8.10. The zero-order valence-corrected chi connectivity index (χ0v) is 14.3. The van der Waals surface area contributed by atoms with Gasteiger partial charge in [-0.1, -0.05) is 13.8 Å². The molecule has 0 saturated carbocycles. The van der Waals surface area contributed by atoms with Gasteiger partial charge >= 0.3 is 0 Å². The second-order valence-corrected chi connectivity index (χ2v) is 8.00. The van der Waals surface area contributed by atoms with E-state index >= 15 is 0 Å².